The van der Waals surface area contributed by atoms with Gasteiger partial charge in [0.15, 0.2) is 6.17 Å². The first-order valence-electron chi connectivity index (χ1n) is 5.91. The van der Waals surface area contributed by atoms with Gasteiger partial charge in [0.25, 0.3) is 0 Å². The number of thiophene rings is 1. The molecule has 20 heavy (non-hydrogen) atoms. The van der Waals surface area contributed by atoms with E-state index in [1.54, 1.807) is 0 Å². The SMILES string of the molecule is CC(=O)NC1=NN(C(C)=O)[C@H](c2cccs2)N1C(C)=O. The van der Waals surface area contributed by atoms with Crippen LogP contribution in [0.4, 0.5) is 0 Å². The maximum absolute atomic E-state index is 11.9. The molecule has 8 heteroatoms. The first-order valence-corrected chi connectivity index (χ1v) is 6.79. The molecule has 0 spiro atoms. The third-order valence-electron chi connectivity index (χ3n) is 2.65. The Bertz CT molecular complexity index is 582. The molecule has 0 fully saturated rings. The zero-order valence-electron chi connectivity index (χ0n) is 11.3. The quantitative estimate of drug-likeness (QED) is 0.834. The smallest absolute Gasteiger partial charge is 0.242 e. The van der Waals surface area contributed by atoms with E-state index >= 15 is 0 Å². The van der Waals surface area contributed by atoms with E-state index in [0.29, 0.717) is 0 Å². The van der Waals surface area contributed by atoms with Crippen molar-refractivity contribution in [1.29, 1.82) is 0 Å². The molecule has 2 rings (SSSR count). The number of hydrogen-bond acceptors (Lipinski definition) is 5. The average molecular weight is 294 g/mol. The van der Waals surface area contributed by atoms with Crippen molar-refractivity contribution in [1.82, 2.24) is 15.2 Å². The molecule has 2 heterocycles. The van der Waals surface area contributed by atoms with Crippen LogP contribution in [0.25, 0.3) is 0 Å². The number of amides is 3. The fourth-order valence-electron chi connectivity index (χ4n) is 1.92. The molecule has 1 aliphatic rings. The number of hydrogen-bond donors (Lipinski definition) is 1. The number of nitrogens with one attached hydrogen (secondary N) is 1. The highest BCUT2D eigenvalue weighted by molar-refractivity contribution is 7.10. The lowest BCUT2D eigenvalue weighted by Gasteiger charge is -2.26. The summed E-state index contributed by atoms with van der Waals surface area (Å²) in [6.07, 6.45) is -0.646. The van der Waals surface area contributed by atoms with Crippen molar-refractivity contribution in [2.75, 3.05) is 0 Å². The molecule has 1 N–H and O–H groups in total. The number of carbonyl (C=O) groups is 3. The Kier molecular flexibility index (Phi) is 3.84. The minimum absolute atomic E-state index is 0.0681. The molecule has 3 amide bonds. The van der Waals surface area contributed by atoms with Gasteiger partial charge in [-0.25, -0.2) is 5.01 Å². The van der Waals surface area contributed by atoms with Crippen molar-refractivity contribution in [3.8, 4) is 0 Å². The van der Waals surface area contributed by atoms with Crippen LogP contribution in [-0.2, 0) is 14.4 Å². The predicted octanol–water partition coefficient (Wildman–Crippen LogP) is 0.864. The van der Waals surface area contributed by atoms with E-state index < -0.39 is 6.17 Å². The fraction of sp³-hybridized carbons (Fsp3) is 0.333. The third-order valence-corrected chi connectivity index (χ3v) is 3.57. The van der Waals surface area contributed by atoms with Gasteiger partial charge in [0.05, 0.1) is 0 Å². The number of guanidine groups is 1. The lowest BCUT2D eigenvalue weighted by Crippen LogP contribution is -2.45. The zero-order chi connectivity index (χ0) is 14.9. The monoisotopic (exact) mass is 294 g/mol. The summed E-state index contributed by atoms with van der Waals surface area (Å²) in [6.45, 7) is 4.04. The van der Waals surface area contributed by atoms with E-state index in [2.05, 4.69) is 10.4 Å². The van der Waals surface area contributed by atoms with Crippen molar-refractivity contribution in [3.05, 3.63) is 22.4 Å². The van der Waals surface area contributed by atoms with E-state index in [4.69, 9.17) is 0 Å². The van der Waals surface area contributed by atoms with Crippen LogP contribution in [-0.4, -0.2) is 33.6 Å². The van der Waals surface area contributed by atoms with Gasteiger partial charge in [-0.05, 0) is 11.4 Å². The van der Waals surface area contributed by atoms with Gasteiger partial charge in [0.2, 0.25) is 23.7 Å². The lowest BCUT2D eigenvalue weighted by molar-refractivity contribution is -0.136. The fourth-order valence-corrected chi connectivity index (χ4v) is 2.72. The van der Waals surface area contributed by atoms with Gasteiger partial charge < -0.3 is 0 Å². The number of rotatable bonds is 1. The van der Waals surface area contributed by atoms with E-state index in [0.717, 1.165) is 4.88 Å². The van der Waals surface area contributed by atoms with Crippen molar-refractivity contribution in [2.24, 2.45) is 5.10 Å². The lowest BCUT2D eigenvalue weighted by atomic mass is 10.3. The van der Waals surface area contributed by atoms with Crippen LogP contribution in [0, 0.1) is 0 Å². The molecule has 7 nitrogen and oxygen atoms in total. The highest BCUT2D eigenvalue weighted by Crippen LogP contribution is 2.33. The number of hydrazone groups is 1. The van der Waals surface area contributed by atoms with E-state index in [1.165, 1.54) is 42.0 Å². The maximum Gasteiger partial charge on any atom is 0.242 e. The molecular weight excluding hydrogens is 280 g/mol. The van der Waals surface area contributed by atoms with Crippen LogP contribution in [0.2, 0.25) is 0 Å². The summed E-state index contributed by atoms with van der Waals surface area (Å²) in [6, 6.07) is 3.64. The van der Waals surface area contributed by atoms with Crippen LogP contribution in [0.5, 0.6) is 0 Å². The van der Waals surface area contributed by atoms with Crippen molar-refractivity contribution < 1.29 is 14.4 Å². The number of carbonyl (C=O) groups excluding carboxylic acids is 3. The Balaban J connectivity index is 2.45. The van der Waals surface area contributed by atoms with Crippen LogP contribution < -0.4 is 5.32 Å². The van der Waals surface area contributed by atoms with E-state index in [-0.39, 0.29) is 23.7 Å². The van der Waals surface area contributed by atoms with Crippen LogP contribution in [0.3, 0.4) is 0 Å². The maximum atomic E-state index is 11.9. The summed E-state index contributed by atoms with van der Waals surface area (Å²) in [4.78, 5) is 36.9. The van der Waals surface area contributed by atoms with Gasteiger partial charge in [0.1, 0.15) is 0 Å². The van der Waals surface area contributed by atoms with E-state index in [1.807, 2.05) is 17.5 Å². The standard InChI is InChI=1S/C12H14N4O3S/c1-7(17)13-12-14-16(9(3)19)11(15(12)8(2)18)10-5-4-6-20-10/h4-6,11H,1-3H3,(H,13,14,17)/t11-/m1/s1. The second kappa shape index (κ2) is 5.41. The second-order valence-electron chi connectivity index (χ2n) is 4.25. The summed E-state index contributed by atoms with van der Waals surface area (Å²) >= 11 is 1.41. The summed E-state index contributed by atoms with van der Waals surface area (Å²) in [5.41, 5.74) is 0. The largest absolute Gasteiger partial charge is 0.295 e. The zero-order valence-corrected chi connectivity index (χ0v) is 12.1. The summed E-state index contributed by atoms with van der Waals surface area (Å²) in [5.74, 6) is -0.904. The molecule has 1 aliphatic heterocycles. The Hall–Kier alpha value is -2.22. The Morgan fingerprint density at radius 2 is 1.95 bits per heavy atom. The van der Waals surface area contributed by atoms with Gasteiger partial charge in [-0.15, -0.1) is 16.4 Å². The Morgan fingerprint density at radius 3 is 2.40 bits per heavy atom. The van der Waals surface area contributed by atoms with Crippen LogP contribution in [0.1, 0.15) is 31.8 Å². The normalized spacial score (nSPS) is 17.9. The molecule has 0 aliphatic carbocycles. The molecule has 0 radical (unpaired) electrons. The van der Waals surface area contributed by atoms with Gasteiger partial charge in [-0.3, -0.25) is 24.6 Å². The van der Waals surface area contributed by atoms with Crippen molar-refractivity contribution in [3.63, 3.8) is 0 Å². The van der Waals surface area contributed by atoms with Gasteiger partial charge in [-0.2, -0.15) is 0 Å². The minimum Gasteiger partial charge on any atom is -0.295 e. The molecular formula is C12H14N4O3S. The first kappa shape index (κ1) is 14.2. The molecule has 0 saturated carbocycles. The predicted molar refractivity (Wildman–Crippen MR) is 73.4 cm³/mol. The molecule has 1 aromatic heterocycles. The first-order chi connectivity index (χ1) is 9.41. The highest BCUT2D eigenvalue weighted by Gasteiger charge is 2.41. The average Bonchev–Trinajstić information content (AvgIpc) is 2.93. The molecule has 0 bridgehead atoms. The van der Waals surface area contributed by atoms with Gasteiger partial charge in [-0.1, -0.05) is 6.07 Å². The summed E-state index contributed by atoms with van der Waals surface area (Å²) in [7, 11) is 0. The molecule has 1 atom stereocenters. The molecule has 0 aromatic carbocycles. The van der Waals surface area contributed by atoms with Crippen molar-refractivity contribution in [2.45, 2.75) is 26.9 Å². The third kappa shape index (κ3) is 2.55. The second-order valence-corrected chi connectivity index (χ2v) is 5.23. The topological polar surface area (TPSA) is 82.1 Å². The van der Waals surface area contributed by atoms with Crippen LogP contribution >= 0.6 is 11.3 Å². The Morgan fingerprint density at radius 1 is 1.25 bits per heavy atom. The highest BCUT2D eigenvalue weighted by atomic mass is 32.1. The van der Waals surface area contributed by atoms with Crippen LogP contribution in [0.15, 0.2) is 22.6 Å². The summed E-state index contributed by atoms with van der Waals surface area (Å²) in [5, 5.41) is 9.57. The van der Waals surface area contributed by atoms with Gasteiger partial charge in [0, 0.05) is 25.6 Å². The van der Waals surface area contributed by atoms with E-state index in [9.17, 15) is 14.4 Å². The minimum atomic E-state index is -0.646. The molecule has 0 unspecified atom stereocenters. The summed E-state index contributed by atoms with van der Waals surface area (Å²) < 4.78 is 0. The molecule has 106 valence electrons. The number of nitrogens with zero attached hydrogens (tertiary/aromatic N) is 3. The molecule has 0 saturated heterocycles. The molecule has 1 aromatic rings. The Labute approximate surface area is 119 Å². The van der Waals surface area contributed by atoms with Gasteiger partial charge >= 0.3 is 0 Å². The van der Waals surface area contributed by atoms with Crippen molar-refractivity contribution >= 4 is 35.0 Å².